The number of carboxylic acid groups (broad SMARTS) is 1. The molecular formula is C33H53N3O22S4. The second-order valence-electron chi connectivity index (χ2n) is 14.4. The lowest BCUT2D eigenvalue weighted by atomic mass is 9.95. The Kier molecular flexibility index (Phi) is 20.3. The molecule has 62 heavy (non-hydrogen) atoms. The molecule has 3 saturated heterocycles. The van der Waals surface area contributed by atoms with Crippen LogP contribution < -0.4 is 15.4 Å². The number of benzene rings is 1. The Bertz CT molecular complexity index is 1810. The molecule has 4 rings (SSSR count). The molecule has 15 atom stereocenters. The van der Waals surface area contributed by atoms with Crippen molar-refractivity contribution in [3.63, 3.8) is 0 Å². The van der Waals surface area contributed by atoms with Crippen molar-refractivity contribution in [1.29, 1.82) is 0 Å². The lowest BCUT2D eigenvalue weighted by Gasteiger charge is -2.47. The Balaban J connectivity index is 1.31. The van der Waals surface area contributed by atoms with E-state index in [0.29, 0.717) is 23.0 Å². The molecule has 0 aliphatic carbocycles. The number of methoxy groups -OCH3 is 1. The van der Waals surface area contributed by atoms with E-state index in [4.69, 9.17) is 28.2 Å². The summed E-state index contributed by atoms with van der Waals surface area (Å²) < 4.78 is 96.5. The second-order valence-corrected chi connectivity index (χ2v) is 19.5. The van der Waals surface area contributed by atoms with Gasteiger partial charge in [-0.05, 0) is 37.5 Å². The number of aliphatic hydroxyl groups excluding tert-OH is 7. The number of rotatable bonds is 24. The van der Waals surface area contributed by atoms with Crippen LogP contribution in [0, 0.1) is 0 Å². The fourth-order valence-electron chi connectivity index (χ4n) is 6.63. The number of unbranched alkanes of at least 4 members (excludes halogenated alkanes) is 1. The van der Waals surface area contributed by atoms with Crippen molar-refractivity contribution in [2.45, 2.75) is 123 Å². The summed E-state index contributed by atoms with van der Waals surface area (Å²) in [5.74, 6) is -0.913. The van der Waals surface area contributed by atoms with Crippen LogP contribution in [-0.2, 0) is 58.2 Å². The zero-order chi connectivity index (χ0) is 45.9. The van der Waals surface area contributed by atoms with Gasteiger partial charge in [-0.3, -0.25) is 13.9 Å². The smallest absolute Gasteiger partial charge is 0.397 e. The minimum absolute atomic E-state index is 0.166. The number of hydrogen-bond donors (Lipinski definition) is 13. The van der Waals surface area contributed by atoms with Gasteiger partial charge in [0.25, 0.3) is 0 Å². The van der Waals surface area contributed by atoms with E-state index < -0.39 is 126 Å². The Morgan fingerprint density at radius 3 is 2.24 bits per heavy atom. The van der Waals surface area contributed by atoms with Crippen molar-refractivity contribution in [3.05, 3.63) is 24.3 Å². The first-order valence-corrected chi connectivity index (χ1v) is 24.2. The van der Waals surface area contributed by atoms with Crippen molar-refractivity contribution < 1.29 is 104 Å². The van der Waals surface area contributed by atoms with Gasteiger partial charge in [-0.25, -0.2) is 8.98 Å². The third-order valence-electron chi connectivity index (χ3n) is 9.83. The first-order valence-electron chi connectivity index (χ1n) is 19.0. The molecule has 0 radical (unpaired) electrons. The number of carboxylic acids is 1. The fraction of sp³-hybridized carbons (Fsp3) is 0.758. The summed E-state index contributed by atoms with van der Waals surface area (Å²) in [7, 11) is -5.60. The quantitative estimate of drug-likeness (QED) is 0.0276. The van der Waals surface area contributed by atoms with E-state index in [-0.39, 0.29) is 12.5 Å². The van der Waals surface area contributed by atoms with Crippen LogP contribution in [0.2, 0.25) is 0 Å². The Morgan fingerprint density at radius 1 is 0.919 bits per heavy atom. The number of carbonyl (C=O) groups is 2. The number of aliphatic carboxylic acids is 1. The molecule has 1 amide bonds. The summed E-state index contributed by atoms with van der Waals surface area (Å²) in [5, 5.41) is 91.1. The van der Waals surface area contributed by atoms with Crippen LogP contribution in [0.1, 0.15) is 32.1 Å². The molecule has 3 aliphatic heterocycles. The molecule has 1 aromatic rings. The van der Waals surface area contributed by atoms with Gasteiger partial charge in [0.2, 0.25) is 5.91 Å². The van der Waals surface area contributed by atoms with Crippen molar-refractivity contribution in [2.75, 3.05) is 43.3 Å². The third-order valence-corrected chi connectivity index (χ3v) is 13.8. The molecule has 0 bridgehead atoms. The Morgan fingerprint density at radius 2 is 1.61 bits per heavy atom. The molecule has 0 saturated carbocycles. The van der Waals surface area contributed by atoms with Crippen molar-refractivity contribution >= 4 is 65.5 Å². The van der Waals surface area contributed by atoms with Gasteiger partial charge in [-0.1, -0.05) is 34.1 Å². The first-order chi connectivity index (χ1) is 29.1. The first kappa shape index (κ1) is 52.5. The Hall–Kier alpha value is -2.08. The minimum atomic E-state index is -5.21. The molecule has 1 aromatic carbocycles. The van der Waals surface area contributed by atoms with E-state index in [1.54, 1.807) is 29.0 Å². The van der Waals surface area contributed by atoms with Gasteiger partial charge in [0.1, 0.15) is 61.0 Å². The van der Waals surface area contributed by atoms with Crippen LogP contribution in [0.4, 0.5) is 11.4 Å². The number of nitrogens with one attached hydrogen (secondary N) is 3. The standard InChI is InChI=1S/C33H53N3O22S4/c1-53-28-20(14-55-62(50,51)52)56-32(22(25(28)42)36-61(47,48)49)57-29-26(43)27(44)33(58-30(29)31(45)46)54-13-19(38)24(41)23(40)18(37)12-34-15-5-4-6-16(11-15)35-21(39)8-3-2-7-17-9-10-59-60-17/h4-6,11,17-20,22-30,32-34,36-38,40-44H,2-3,7-10,12-14H2,1H3,(H,35,39)(H,45,46)(H,47,48,49)(H,50,51,52)/t17?,18-,19+,20+,22+,23+,24+,25+,26+,27+,28+,29-,30-,32+,33+/m0/s1. The normalized spacial score (nSPS) is 31.5. The van der Waals surface area contributed by atoms with E-state index in [9.17, 15) is 71.8 Å². The number of hydrogen-bond acceptors (Lipinski definition) is 22. The van der Waals surface area contributed by atoms with Crippen LogP contribution in [0.5, 0.6) is 0 Å². The highest BCUT2D eigenvalue weighted by atomic mass is 33.1. The van der Waals surface area contributed by atoms with Crippen molar-refractivity contribution in [1.82, 2.24) is 4.72 Å². The Labute approximate surface area is 364 Å². The predicted octanol–water partition coefficient (Wildman–Crippen LogP) is -3.19. The molecular weight excluding hydrogens is 919 g/mol. The van der Waals surface area contributed by atoms with Gasteiger partial charge in [-0.15, -0.1) is 0 Å². The van der Waals surface area contributed by atoms with E-state index in [0.717, 1.165) is 32.1 Å². The maximum absolute atomic E-state index is 12.5. The highest BCUT2D eigenvalue weighted by Gasteiger charge is 2.54. The monoisotopic (exact) mass is 971 g/mol. The highest BCUT2D eigenvalue weighted by Crippen LogP contribution is 2.40. The van der Waals surface area contributed by atoms with Crippen LogP contribution >= 0.6 is 21.6 Å². The molecule has 3 fully saturated rings. The molecule has 13 N–H and O–H groups in total. The van der Waals surface area contributed by atoms with E-state index in [1.165, 1.54) is 6.42 Å². The van der Waals surface area contributed by atoms with Gasteiger partial charge in [-0.2, -0.15) is 21.6 Å². The molecule has 3 heterocycles. The van der Waals surface area contributed by atoms with Gasteiger partial charge in [0.05, 0.1) is 19.3 Å². The number of aliphatic hydroxyl groups is 7. The van der Waals surface area contributed by atoms with E-state index in [2.05, 4.69) is 14.8 Å². The summed E-state index contributed by atoms with van der Waals surface area (Å²) in [6.45, 7) is -2.46. The van der Waals surface area contributed by atoms with E-state index in [1.807, 2.05) is 21.6 Å². The molecule has 1 unspecified atom stereocenters. The lowest BCUT2D eigenvalue weighted by Crippen LogP contribution is -2.68. The van der Waals surface area contributed by atoms with Crippen molar-refractivity contribution in [2.24, 2.45) is 0 Å². The largest absolute Gasteiger partial charge is 0.479 e. The molecule has 0 aromatic heterocycles. The van der Waals surface area contributed by atoms with E-state index >= 15 is 0 Å². The summed E-state index contributed by atoms with van der Waals surface area (Å²) in [5.41, 5.74) is 0.907. The number of anilines is 2. The zero-order valence-corrected chi connectivity index (χ0v) is 36.1. The van der Waals surface area contributed by atoms with Crippen LogP contribution in [0.25, 0.3) is 0 Å². The number of amides is 1. The average Bonchev–Trinajstić information content (AvgIpc) is 3.73. The second kappa shape index (κ2) is 23.9. The molecule has 356 valence electrons. The number of ether oxygens (including phenoxy) is 5. The molecule has 25 nitrogen and oxygen atoms in total. The van der Waals surface area contributed by atoms with Crippen LogP contribution in [-0.4, -0.2) is 202 Å². The SMILES string of the molecule is CO[C@H]1[C@H](O)[C@@H](NS(=O)(=O)O)[C@@H](O[C@H]2[C@H](O)[C@@H](O)[C@H](OC[C@@H](O)[C@@H](O)[C@H](O)[C@@H](O)CNc3cccc(NC(=O)CCCCC4CCSS4)c3)O[C@@H]2C(=O)O)O[C@@H]1COS(=O)(=O)O. The summed E-state index contributed by atoms with van der Waals surface area (Å²) in [4.78, 5) is 24.7. The third kappa shape index (κ3) is 15.8. The van der Waals surface area contributed by atoms with Crippen molar-refractivity contribution in [3.8, 4) is 0 Å². The summed E-state index contributed by atoms with van der Waals surface area (Å²) in [6, 6.07) is 4.42. The van der Waals surface area contributed by atoms with Gasteiger partial charge in [0.15, 0.2) is 18.7 Å². The number of carbonyl (C=O) groups excluding carboxylic acids is 1. The minimum Gasteiger partial charge on any atom is -0.479 e. The maximum atomic E-state index is 12.5. The summed E-state index contributed by atoms with van der Waals surface area (Å²) in [6.07, 6.45) is -22.5. The maximum Gasteiger partial charge on any atom is 0.397 e. The van der Waals surface area contributed by atoms with Crippen LogP contribution in [0.15, 0.2) is 24.3 Å². The summed E-state index contributed by atoms with van der Waals surface area (Å²) >= 11 is 0. The van der Waals surface area contributed by atoms with Crippen LogP contribution in [0.3, 0.4) is 0 Å². The van der Waals surface area contributed by atoms with Gasteiger partial charge in [0, 0.05) is 42.5 Å². The molecule has 29 heteroatoms. The predicted molar refractivity (Wildman–Crippen MR) is 215 cm³/mol. The van der Waals surface area contributed by atoms with Gasteiger partial charge < -0.3 is 75.2 Å². The highest BCUT2D eigenvalue weighted by molar-refractivity contribution is 8.77. The zero-order valence-electron chi connectivity index (χ0n) is 32.8. The van der Waals surface area contributed by atoms with Gasteiger partial charge >= 0.3 is 26.7 Å². The lowest BCUT2D eigenvalue weighted by molar-refractivity contribution is -0.343. The topological polar surface area (TPSA) is 396 Å². The molecule has 3 aliphatic rings. The molecule has 0 spiro atoms. The fourth-order valence-corrected chi connectivity index (χ4v) is 10.6. The average molecular weight is 972 g/mol.